The highest BCUT2D eigenvalue weighted by molar-refractivity contribution is 5.95. The summed E-state index contributed by atoms with van der Waals surface area (Å²) in [6.07, 6.45) is 4.10. The van der Waals surface area contributed by atoms with Crippen molar-refractivity contribution in [3.8, 4) is 11.4 Å². The second kappa shape index (κ2) is 12.6. The number of aromatic amines is 1. The first-order chi connectivity index (χ1) is 18.1. The molecule has 0 radical (unpaired) electrons. The van der Waals surface area contributed by atoms with Crippen molar-refractivity contribution in [3.63, 3.8) is 0 Å². The van der Waals surface area contributed by atoms with Gasteiger partial charge in [-0.05, 0) is 43.2 Å². The minimum Gasteiger partial charge on any atom is -0.489 e. The number of nitrogens with one attached hydrogen (secondary N) is 3. The SMILES string of the molecule is CCNC(=O)c1ccc(-n2cc(C(=O)NCCc3c[nH]c4ccccc34)nn2)c(OCCOCCF)c1. The zero-order chi connectivity index (χ0) is 26.0. The molecule has 2 heterocycles. The standard InChI is InChI=1S/C26H29FN6O4/c1-2-28-25(34)18-7-8-23(24(15-18)37-14-13-36-12-10-27)33-17-22(31-32-33)26(35)29-11-9-19-16-30-21-6-4-3-5-20(19)21/h3-8,15-17,30H,2,9-14H2,1H3,(H,28,34)(H,29,35). The van der Waals surface area contributed by atoms with Crippen molar-refractivity contribution in [1.29, 1.82) is 0 Å². The molecule has 2 aromatic carbocycles. The monoisotopic (exact) mass is 508 g/mol. The summed E-state index contributed by atoms with van der Waals surface area (Å²) in [6, 6.07) is 12.9. The van der Waals surface area contributed by atoms with Crippen LogP contribution in [0.15, 0.2) is 54.9 Å². The Labute approximate surface area is 213 Å². The molecule has 2 amide bonds. The van der Waals surface area contributed by atoms with Gasteiger partial charge in [-0.1, -0.05) is 23.4 Å². The van der Waals surface area contributed by atoms with Gasteiger partial charge in [0.1, 0.15) is 24.7 Å². The van der Waals surface area contributed by atoms with Gasteiger partial charge in [0.25, 0.3) is 11.8 Å². The van der Waals surface area contributed by atoms with Crippen molar-refractivity contribution < 1.29 is 23.5 Å². The number of hydrogen-bond acceptors (Lipinski definition) is 6. The van der Waals surface area contributed by atoms with Gasteiger partial charge in [0.2, 0.25) is 0 Å². The lowest BCUT2D eigenvalue weighted by molar-refractivity contribution is 0.0894. The van der Waals surface area contributed by atoms with Gasteiger partial charge in [-0.2, -0.15) is 0 Å². The summed E-state index contributed by atoms with van der Waals surface area (Å²) in [5, 5.41) is 14.8. The number of nitrogens with zero attached hydrogens (tertiary/aromatic N) is 3. The first-order valence-corrected chi connectivity index (χ1v) is 12.1. The van der Waals surface area contributed by atoms with Crippen LogP contribution < -0.4 is 15.4 Å². The number of hydrogen-bond donors (Lipinski definition) is 3. The third kappa shape index (κ3) is 6.50. The van der Waals surface area contributed by atoms with E-state index in [-0.39, 0.29) is 37.3 Å². The van der Waals surface area contributed by atoms with E-state index in [1.165, 1.54) is 10.9 Å². The maximum Gasteiger partial charge on any atom is 0.273 e. The number of para-hydroxylation sites is 1. The summed E-state index contributed by atoms with van der Waals surface area (Å²) < 4.78 is 24.6. The van der Waals surface area contributed by atoms with Gasteiger partial charge in [0, 0.05) is 35.8 Å². The van der Waals surface area contributed by atoms with E-state index in [4.69, 9.17) is 9.47 Å². The van der Waals surface area contributed by atoms with Crippen LogP contribution in [0.5, 0.6) is 5.75 Å². The highest BCUT2D eigenvalue weighted by Gasteiger charge is 2.16. The summed E-state index contributed by atoms with van der Waals surface area (Å²) in [4.78, 5) is 28.2. The van der Waals surface area contributed by atoms with Crippen molar-refractivity contribution in [2.45, 2.75) is 13.3 Å². The predicted octanol–water partition coefficient (Wildman–Crippen LogP) is 2.84. The van der Waals surface area contributed by atoms with Gasteiger partial charge < -0.3 is 25.1 Å². The number of amides is 2. The molecule has 4 rings (SSSR count). The summed E-state index contributed by atoms with van der Waals surface area (Å²) in [6.45, 7) is 2.46. The normalized spacial score (nSPS) is 11.0. The first-order valence-electron chi connectivity index (χ1n) is 12.1. The molecule has 0 saturated carbocycles. The van der Waals surface area contributed by atoms with E-state index in [0.29, 0.717) is 36.5 Å². The van der Waals surface area contributed by atoms with E-state index in [0.717, 1.165) is 16.5 Å². The number of aromatic nitrogens is 4. The number of halogens is 1. The molecule has 11 heteroatoms. The van der Waals surface area contributed by atoms with Gasteiger partial charge >= 0.3 is 0 Å². The number of H-pyrrole nitrogens is 1. The van der Waals surface area contributed by atoms with E-state index >= 15 is 0 Å². The number of carbonyl (C=O) groups excluding carboxylic acids is 2. The van der Waals surface area contributed by atoms with Crippen molar-refractivity contribution in [2.24, 2.45) is 0 Å². The Morgan fingerprint density at radius 2 is 1.95 bits per heavy atom. The van der Waals surface area contributed by atoms with E-state index in [2.05, 4.69) is 25.9 Å². The van der Waals surface area contributed by atoms with Gasteiger partial charge in [-0.3, -0.25) is 9.59 Å². The van der Waals surface area contributed by atoms with E-state index in [1.54, 1.807) is 18.2 Å². The van der Waals surface area contributed by atoms with Gasteiger partial charge in [0.05, 0.1) is 19.4 Å². The topological polar surface area (TPSA) is 123 Å². The summed E-state index contributed by atoms with van der Waals surface area (Å²) in [7, 11) is 0. The number of carbonyl (C=O) groups is 2. The quantitative estimate of drug-likeness (QED) is 0.239. The molecule has 10 nitrogen and oxygen atoms in total. The second-order valence-corrected chi connectivity index (χ2v) is 8.11. The lowest BCUT2D eigenvalue weighted by Gasteiger charge is -2.13. The third-order valence-electron chi connectivity index (χ3n) is 5.59. The lowest BCUT2D eigenvalue weighted by atomic mass is 10.1. The third-order valence-corrected chi connectivity index (χ3v) is 5.59. The lowest BCUT2D eigenvalue weighted by Crippen LogP contribution is -2.26. The molecule has 0 aliphatic rings. The van der Waals surface area contributed by atoms with Crippen LogP contribution in [0.2, 0.25) is 0 Å². The fourth-order valence-electron chi connectivity index (χ4n) is 3.82. The molecule has 0 aliphatic heterocycles. The first kappa shape index (κ1) is 25.8. The highest BCUT2D eigenvalue weighted by atomic mass is 19.1. The number of benzene rings is 2. The van der Waals surface area contributed by atoms with Crippen LogP contribution in [0.1, 0.15) is 33.3 Å². The predicted molar refractivity (Wildman–Crippen MR) is 136 cm³/mol. The van der Waals surface area contributed by atoms with Crippen LogP contribution in [0.25, 0.3) is 16.6 Å². The Morgan fingerprint density at radius 1 is 1.08 bits per heavy atom. The Balaban J connectivity index is 1.43. The van der Waals surface area contributed by atoms with E-state index in [9.17, 15) is 14.0 Å². The summed E-state index contributed by atoms with van der Waals surface area (Å²) in [5.41, 5.74) is 3.20. The van der Waals surface area contributed by atoms with Crippen molar-refractivity contribution in [2.75, 3.05) is 39.6 Å². The fraction of sp³-hybridized carbons (Fsp3) is 0.308. The zero-order valence-electron chi connectivity index (χ0n) is 20.5. The molecular formula is C26H29FN6O4. The average Bonchev–Trinajstić information content (AvgIpc) is 3.57. The zero-order valence-corrected chi connectivity index (χ0v) is 20.5. The minimum atomic E-state index is -0.580. The molecule has 2 aromatic heterocycles. The molecular weight excluding hydrogens is 479 g/mol. The fourth-order valence-corrected chi connectivity index (χ4v) is 3.82. The van der Waals surface area contributed by atoms with Gasteiger partial charge in [0.15, 0.2) is 5.69 Å². The Kier molecular flexibility index (Phi) is 8.82. The molecule has 4 aromatic rings. The van der Waals surface area contributed by atoms with Gasteiger partial charge in [-0.25, -0.2) is 9.07 Å². The highest BCUT2D eigenvalue weighted by Crippen LogP contribution is 2.24. The molecule has 0 bridgehead atoms. The van der Waals surface area contributed by atoms with Crippen LogP contribution >= 0.6 is 0 Å². The molecule has 0 atom stereocenters. The molecule has 3 N–H and O–H groups in total. The van der Waals surface area contributed by atoms with Crippen LogP contribution in [0.4, 0.5) is 4.39 Å². The Hall–Kier alpha value is -4.25. The Morgan fingerprint density at radius 3 is 2.78 bits per heavy atom. The molecule has 0 saturated heterocycles. The molecule has 0 spiro atoms. The number of rotatable bonds is 13. The second-order valence-electron chi connectivity index (χ2n) is 8.11. The maximum atomic E-state index is 12.7. The molecule has 194 valence electrons. The van der Waals surface area contributed by atoms with Crippen molar-refractivity contribution in [1.82, 2.24) is 30.6 Å². The Bertz CT molecular complexity index is 1350. The molecule has 0 fully saturated rings. The largest absolute Gasteiger partial charge is 0.489 e. The van der Waals surface area contributed by atoms with Crippen LogP contribution in [0, 0.1) is 0 Å². The van der Waals surface area contributed by atoms with Crippen LogP contribution in [-0.2, 0) is 11.2 Å². The molecule has 37 heavy (non-hydrogen) atoms. The summed E-state index contributed by atoms with van der Waals surface area (Å²) >= 11 is 0. The number of ether oxygens (including phenoxy) is 2. The average molecular weight is 509 g/mol. The van der Waals surface area contributed by atoms with E-state index in [1.807, 2.05) is 37.4 Å². The van der Waals surface area contributed by atoms with Crippen LogP contribution in [-0.4, -0.2) is 71.4 Å². The number of fused-ring (bicyclic) bond motifs is 1. The van der Waals surface area contributed by atoms with Gasteiger partial charge in [-0.15, -0.1) is 5.10 Å². The minimum absolute atomic E-state index is 0.0168. The molecule has 0 aliphatic carbocycles. The van der Waals surface area contributed by atoms with Crippen molar-refractivity contribution in [3.05, 3.63) is 71.7 Å². The molecule has 0 unspecified atom stereocenters. The van der Waals surface area contributed by atoms with Crippen molar-refractivity contribution >= 4 is 22.7 Å². The summed E-state index contributed by atoms with van der Waals surface area (Å²) in [5.74, 6) is -0.252. The maximum absolute atomic E-state index is 12.7. The van der Waals surface area contributed by atoms with Crippen LogP contribution in [0.3, 0.4) is 0 Å². The smallest absolute Gasteiger partial charge is 0.273 e. The number of alkyl halides is 1. The van der Waals surface area contributed by atoms with E-state index < -0.39 is 6.67 Å².